The molecular weight excluding hydrogens is 405 g/mol. The van der Waals surface area contributed by atoms with Crippen LogP contribution >= 0.6 is 22.6 Å². The zero-order valence-electron chi connectivity index (χ0n) is 13.2. The summed E-state index contributed by atoms with van der Waals surface area (Å²) in [7, 11) is 0. The SMILES string of the molecule is Cc1ccc(NC(=O)C(C)OC(=O)c2cccc(I)c2)c(C)c1. The molecule has 0 saturated carbocycles. The molecule has 0 aromatic heterocycles. The number of anilines is 1. The second kappa shape index (κ2) is 7.59. The molecule has 2 aromatic carbocycles. The summed E-state index contributed by atoms with van der Waals surface area (Å²) in [5.41, 5.74) is 3.24. The number of benzene rings is 2. The van der Waals surface area contributed by atoms with E-state index in [0.717, 1.165) is 20.4 Å². The Hall–Kier alpha value is -1.89. The maximum absolute atomic E-state index is 12.2. The van der Waals surface area contributed by atoms with Gasteiger partial charge in [-0.2, -0.15) is 0 Å². The first kappa shape index (κ1) is 17.5. The molecule has 0 aliphatic heterocycles. The number of nitrogens with one attached hydrogen (secondary N) is 1. The van der Waals surface area contributed by atoms with Crippen LogP contribution in [0.3, 0.4) is 0 Å². The summed E-state index contributed by atoms with van der Waals surface area (Å²) in [4.78, 5) is 24.3. The van der Waals surface area contributed by atoms with Gasteiger partial charge in [-0.1, -0.05) is 23.8 Å². The molecule has 0 heterocycles. The van der Waals surface area contributed by atoms with Crippen molar-refractivity contribution in [3.8, 4) is 0 Å². The third-order valence-corrected chi connectivity index (χ3v) is 4.02. The Morgan fingerprint density at radius 2 is 1.87 bits per heavy atom. The first-order valence-corrected chi connectivity index (χ1v) is 8.29. The molecule has 2 aromatic rings. The van der Waals surface area contributed by atoms with Crippen LogP contribution in [0.1, 0.15) is 28.4 Å². The van der Waals surface area contributed by atoms with E-state index in [4.69, 9.17) is 4.74 Å². The summed E-state index contributed by atoms with van der Waals surface area (Å²) in [6.07, 6.45) is -0.874. The van der Waals surface area contributed by atoms with Crippen molar-refractivity contribution in [1.29, 1.82) is 0 Å². The van der Waals surface area contributed by atoms with E-state index in [9.17, 15) is 9.59 Å². The van der Waals surface area contributed by atoms with Gasteiger partial charge in [0.1, 0.15) is 0 Å². The minimum Gasteiger partial charge on any atom is -0.449 e. The fourth-order valence-electron chi connectivity index (χ4n) is 2.09. The maximum atomic E-state index is 12.2. The van der Waals surface area contributed by atoms with Crippen LogP contribution in [0.4, 0.5) is 5.69 Å². The summed E-state index contributed by atoms with van der Waals surface area (Å²) in [6, 6.07) is 12.8. The molecule has 0 spiro atoms. The molecule has 5 heteroatoms. The molecule has 4 nitrogen and oxygen atoms in total. The standard InChI is InChI=1S/C18H18INO3/c1-11-7-8-16(12(2)9-11)20-17(21)13(3)23-18(22)14-5-4-6-15(19)10-14/h4-10,13H,1-3H3,(H,20,21). The van der Waals surface area contributed by atoms with Crippen molar-refractivity contribution in [2.24, 2.45) is 0 Å². The number of esters is 1. The van der Waals surface area contributed by atoms with Crippen LogP contribution < -0.4 is 5.32 Å². The third kappa shape index (κ3) is 4.79. The molecule has 120 valence electrons. The maximum Gasteiger partial charge on any atom is 0.338 e. The predicted molar refractivity (Wildman–Crippen MR) is 98.6 cm³/mol. The molecule has 1 N–H and O–H groups in total. The topological polar surface area (TPSA) is 55.4 Å². The fraction of sp³-hybridized carbons (Fsp3) is 0.222. The molecule has 23 heavy (non-hydrogen) atoms. The molecule has 1 amide bonds. The highest BCUT2D eigenvalue weighted by molar-refractivity contribution is 14.1. The normalized spacial score (nSPS) is 11.7. The summed E-state index contributed by atoms with van der Waals surface area (Å²) in [5.74, 6) is -0.859. The molecular formula is C18H18INO3. The highest BCUT2D eigenvalue weighted by Gasteiger charge is 2.19. The summed E-state index contributed by atoms with van der Waals surface area (Å²) >= 11 is 2.12. The van der Waals surface area contributed by atoms with Crippen molar-refractivity contribution in [2.75, 3.05) is 5.32 Å². The van der Waals surface area contributed by atoms with Crippen LogP contribution in [-0.2, 0) is 9.53 Å². The first-order chi connectivity index (χ1) is 10.9. The van der Waals surface area contributed by atoms with Gasteiger partial charge < -0.3 is 10.1 Å². The summed E-state index contributed by atoms with van der Waals surface area (Å²) in [5, 5.41) is 2.79. The van der Waals surface area contributed by atoms with Crippen molar-refractivity contribution in [3.63, 3.8) is 0 Å². The van der Waals surface area contributed by atoms with Gasteiger partial charge in [0.2, 0.25) is 0 Å². The van der Waals surface area contributed by atoms with Gasteiger partial charge in [0.05, 0.1) is 5.56 Å². The van der Waals surface area contributed by atoms with Gasteiger partial charge in [-0.3, -0.25) is 4.79 Å². The zero-order valence-corrected chi connectivity index (χ0v) is 15.4. The first-order valence-electron chi connectivity index (χ1n) is 7.21. The van der Waals surface area contributed by atoms with Gasteiger partial charge in [0.15, 0.2) is 6.10 Å². The van der Waals surface area contributed by atoms with Crippen molar-refractivity contribution in [1.82, 2.24) is 0 Å². The number of carbonyl (C=O) groups excluding carboxylic acids is 2. The lowest BCUT2D eigenvalue weighted by molar-refractivity contribution is -0.123. The lowest BCUT2D eigenvalue weighted by atomic mass is 10.1. The molecule has 0 aliphatic rings. The molecule has 1 unspecified atom stereocenters. The van der Waals surface area contributed by atoms with E-state index in [-0.39, 0.29) is 5.91 Å². The lowest BCUT2D eigenvalue weighted by Gasteiger charge is -2.15. The fourth-order valence-corrected chi connectivity index (χ4v) is 2.63. The van der Waals surface area contributed by atoms with Gasteiger partial charge in [0.25, 0.3) is 5.91 Å². The molecule has 0 saturated heterocycles. The van der Waals surface area contributed by atoms with Crippen LogP contribution in [0.2, 0.25) is 0 Å². The van der Waals surface area contributed by atoms with Gasteiger partial charge in [-0.15, -0.1) is 0 Å². The Balaban J connectivity index is 2.01. The number of carbonyl (C=O) groups is 2. The average Bonchev–Trinajstić information content (AvgIpc) is 2.49. The van der Waals surface area contributed by atoms with E-state index in [1.54, 1.807) is 25.1 Å². The number of aryl methyl sites for hydroxylation is 2. The van der Waals surface area contributed by atoms with Crippen LogP contribution in [0.15, 0.2) is 42.5 Å². The second-order valence-corrected chi connectivity index (χ2v) is 6.61. The van der Waals surface area contributed by atoms with Gasteiger partial charge in [0, 0.05) is 9.26 Å². The quantitative estimate of drug-likeness (QED) is 0.596. The Morgan fingerprint density at radius 3 is 2.52 bits per heavy atom. The molecule has 0 aliphatic carbocycles. The van der Waals surface area contributed by atoms with Crippen LogP contribution in [0, 0.1) is 17.4 Å². The highest BCUT2D eigenvalue weighted by Crippen LogP contribution is 2.17. The van der Waals surface area contributed by atoms with Gasteiger partial charge in [-0.25, -0.2) is 4.79 Å². The van der Waals surface area contributed by atoms with E-state index in [1.807, 2.05) is 38.1 Å². The third-order valence-electron chi connectivity index (χ3n) is 3.35. The lowest BCUT2D eigenvalue weighted by Crippen LogP contribution is -2.30. The number of hydrogen-bond acceptors (Lipinski definition) is 3. The largest absolute Gasteiger partial charge is 0.449 e. The smallest absolute Gasteiger partial charge is 0.338 e. The molecule has 0 bridgehead atoms. The molecule has 2 rings (SSSR count). The molecule has 0 fully saturated rings. The van der Waals surface area contributed by atoms with Crippen molar-refractivity contribution >= 4 is 40.2 Å². The number of halogens is 1. The molecule has 1 atom stereocenters. The van der Waals surface area contributed by atoms with Crippen molar-refractivity contribution < 1.29 is 14.3 Å². The van der Waals surface area contributed by atoms with E-state index < -0.39 is 12.1 Å². The highest BCUT2D eigenvalue weighted by atomic mass is 127. The Kier molecular flexibility index (Phi) is 5.76. The molecule has 0 radical (unpaired) electrons. The van der Waals surface area contributed by atoms with Gasteiger partial charge >= 0.3 is 5.97 Å². The van der Waals surface area contributed by atoms with E-state index >= 15 is 0 Å². The predicted octanol–water partition coefficient (Wildman–Crippen LogP) is 4.09. The number of hydrogen-bond donors (Lipinski definition) is 1. The minimum absolute atomic E-state index is 0.351. The van der Waals surface area contributed by atoms with E-state index in [1.165, 1.54) is 0 Å². The Morgan fingerprint density at radius 1 is 1.13 bits per heavy atom. The number of amides is 1. The monoisotopic (exact) mass is 423 g/mol. The van der Waals surface area contributed by atoms with Crippen molar-refractivity contribution in [3.05, 3.63) is 62.7 Å². The second-order valence-electron chi connectivity index (χ2n) is 5.37. The summed E-state index contributed by atoms with van der Waals surface area (Å²) < 4.78 is 6.17. The van der Waals surface area contributed by atoms with Crippen LogP contribution in [0.5, 0.6) is 0 Å². The number of rotatable bonds is 4. The summed E-state index contributed by atoms with van der Waals surface area (Å²) in [6.45, 7) is 5.47. The Labute approximate surface area is 149 Å². The van der Waals surface area contributed by atoms with Crippen molar-refractivity contribution in [2.45, 2.75) is 26.9 Å². The number of ether oxygens (including phenoxy) is 1. The van der Waals surface area contributed by atoms with Gasteiger partial charge in [-0.05, 0) is 73.2 Å². The van der Waals surface area contributed by atoms with Crippen LogP contribution in [0.25, 0.3) is 0 Å². The van der Waals surface area contributed by atoms with Crippen LogP contribution in [-0.4, -0.2) is 18.0 Å². The zero-order chi connectivity index (χ0) is 17.0. The Bertz CT molecular complexity index is 743. The minimum atomic E-state index is -0.874. The van der Waals surface area contributed by atoms with E-state index in [0.29, 0.717) is 5.56 Å². The van der Waals surface area contributed by atoms with E-state index in [2.05, 4.69) is 27.9 Å². The average molecular weight is 423 g/mol.